The van der Waals surface area contributed by atoms with Crippen molar-refractivity contribution >= 4 is 21.4 Å². The minimum absolute atomic E-state index is 0.0787. The van der Waals surface area contributed by atoms with E-state index in [1.54, 1.807) is 7.05 Å². The predicted molar refractivity (Wildman–Crippen MR) is 76.8 cm³/mol. The number of nitro groups is 1. The first-order valence-corrected chi connectivity index (χ1v) is 7.83. The van der Waals surface area contributed by atoms with Crippen molar-refractivity contribution in [1.82, 2.24) is 4.31 Å². The van der Waals surface area contributed by atoms with Crippen molar-refractivity contribution < 1.29 is 18.1 Å². The Morgan fingerprint density at radius 1 is 1.48 bits per heavy atom. The zero-order valence-electron chi connectivity index (χ0n) is 11.8. The van der Waals surface area contributed by atoms with E-state index in [1.165, 1.54) is 23.5 Å². The predicted octanol–water partition coefficient (Wildman–Crippen LogP) is 1.05. The van der Waals surface area contributed by atoms with Crippen molar-refractivity contribution in [2.45, 2.75) is 17.4 Å². The van der Waals surface area contributed by atoms with E-state index < -0.39 is 14.9 Å². The molecule has 21 heavy (non-hydrogen) atoms. The number of hydrogen-bond donors (Lipinski definition) is 1. The summed E-state index contributed by atoms with van der Waals surface area (Å²) in [5, 5.41) is 13.7. The van der Waals surface area contributed by atoms with Crippen molar-refractivity contribution in [3.63, 3.8) is 0 Å². The maximum atomic E-state index is 12.5. The number of ether oxygens (including phenoxy) is 1. The highest BCUT2D eigenvalue weighted by Gasteiger charge is 2.33. The van der Waals surface area contributed by atoms with Crippen LogP contribution in [0.3, 0.4) is 0 Å². The number of nitrogens with zero attached hydrogens (tertiary/aromatic N) is 2. The van der Waals surface area contributed by atoms with Crippen molar-refractivity contribution in [2.24, 2.45) is 0 Å². The monoisotopic (exact) mass is 315 g/mol. The summed E-state index contributed by atoms with van der Waals surface area (Å²) in [5.74, 6) is 0. The third-order valence-corrected chi connectivity index (χ3v) is 5.38. The minimum Gasteiger partial charge on any atom is -0.383 e. The van der Waals surface area contributed by atoms with Crippen LogP contribution in [0.2, 0.25) is 0 Å². The first kappa shape index (κ1) is 15.7. The molecule has 0 saturated carbocycles. The number of nitro benzene ring substituents is 1. The van der Waals surface area contributed by atoms with E-state index >= 15 is 0 Å². The topological polar surface area (TPSA) is 102 Å². The average Bonchev–Trinajstić information content (AvgIpc) is 2.96. The SMILES string of the molecule is CNc1ccc(S(=O)(=O)N2CCC(OC)C2)cc1[N+](=O)[O-]. The fourth-order valence-electron chi connectivity index (χ4n) is 2.29. The summed E-state index contributed by atoms with van der Waals surface area (Å²) in [5.41, 5.74) is 0.0104. The summed E-state index contributed by atoms with van der Waals surface area (Å²) < 4.78 is 31.4. The van der Waals surface area contributed by atoms with Gasteiger partial charge in [0.05, 0.1) is 15.9 Å². The van der Waals surface area contributed by atoms with Gasteiger partial charge in [-0.3, -0.25) is 10.1 Å². The van der Waals surface area contributed by atoms with Crippen molar-refractivity contribution in [1.29, 1.82) is 0 Å². The Morgan fingerprint density at radius 3 is 2.71 bits per heavy atom. The average molecular weight is 315 g/mol. The highest BCUT2D eigenvalue weighted by molar-refractivity contribution is 7.89. The fraction of sp³-hybridized carbons (Fsp3) is 0.500. The lowest BCUT2D eigenvalue weighted by molar-refractivity contribution is -0.384. The Kier molecular flexibility index (Phi) is 4.45. The lowest BCUT2D eigenvalue weighted by Gasteiger charge is -2.16. The Labute approximate surface area is 122 Å². The number of nitrogens with one attached hydrogen (secondary N) is 1. The maximum Gasteiger partial charge on any atom is 0.293 e. The second-order valence-corrected chi connectivity index (χ2v) is 6.63. The summed E-state index contributed by atoms with van der Waals surface area (Å²) in [4.78, 5) is 10.3. The molecule has 0 bridgehead atoms. The molecular weight excluding hydrogens is 298 g/mol. The first-order chi connectivity index (χ1) is 9.90. The normalized spacial score (nSPS) is 19.6. The van der Waals surface area contributed by atoms with Crippen molar-refractivity contribution in [2.75, 3.05) is 32.6 Å². The first-order valence-electron chi connectivity index (χ1n) is 6.39. The summed E-state index contributed by atoms with van der Waals surface area (Å²) in [6, 6.07) is 3.85. The van der Waals surface area contributed by atoms with Gasteiger partial charge in [-0.1, -0.05) is 0 Å². The lowest BCUT2D eigenvalue weighted by atomic mass is 10.3. The van der Waals surface area contributed by atoms with Gasteiger partial charge in [-0.2, -0.15) is 4.31 Å². The van der Waals surface area contributed by atoms with Crippen LogP contribution < -0.4 is 5.32 Å². The minimum atomic E-state index is -3.74. The van der Waals surface area contributed by atoms with Gasteiger partial charge < -0.3 is 10.1 Å². The molecule has 1 heterocycles. The van der Waals surface area contributed by atoms with Crippen molar-refractivity contribution in [3.05, 3.63) is 28.3 Å². The Hall–Kier alpha value is -1.71. The highest BCUT2D eigenvalue weighted by atomic mass is 32.2. The van der Waals surface area contributed by atoms with Gasteiger partial charge in [-0.25, -0.2) is 8.42 Å². The van der Waals surface area contributed by atoms with E-state index in [2.05, 4.69) is 5.32 Å². The molecule has 1 aromatic rings. The van der Waals surface area contributed by atoms with Crippen LogP contribution in [0.4, 0.5) is 11.4 Å². The number of anilines is 1. The largest absolute Gasteiger partial charge is 0.383 e. The van der Waals surface area contributed by atoms with Crippen LogP contribution in [0.1, 0.15) is 6.42 Å². The van der Waals surface area contributed by atoms with Crippen LogP contribution in [0.25, 0.3) is 0 Å². The molecule has 0 aromatic heterocycles. The third-order valence-electron chi connectivity index (χ3n) is 3.51. The standard InChI is InChI=1S/C12H17N3O5S/c1-13-11-4-3-10(7-12(11)15(16)17)21(18,19)14-6-5-9(8-14)20-2/h3-4,7,9,13H,5-6,8H2,1-2H3. The number of hydrogen-bond acceptors (Lipinski definition) is 6. The van der Waals surface area contributed by atoms with Gasteiger partial charge in [0.15, 0.2) is 0 Å². The zero-order chi connectivity index (χ0) is 15.6. The van der Waals surface area contributed by atoms with Gasteiger partial charge in [0, 0.05) is 33.3 Å². The van der Waals surface area contributed by atoms with E-state index in [0.717, 1.165) is 6.07 Å². The van der Waals surface area contributed by atoms with Crippen LogP contribution in [-0.4, -0.2) is 51.0 Å². The Morgan fingerprint density at radius 2 is 2.19 bits per heavy atom. The molecule has 1 aliphatic heterocycles. The molecule has 1 aromatic carbocycles. The Balaban J connectivity index is 2.37. The second kappa shape index (κ2) is 5.96. The molecule has 0 radical (unpaired) electrons. The summed E-state index contributed by atoms with van der Waals surface area (Å²) in [7, 11) is -0.665. The lowest BCUT2D eigenvalue weighted by Crippen LogP contribution is -2.30. The number of methoxy groups -OCH3 is 1. The van der Waals surface area contributed by atoms with Crippen LogP contribution in [0, 0.1) is 10.1 Å². The molecule has 1 N–H and O–H groups in total. The fourth-order valence-corrected chi connectivity index (χ4v) is 3.80. The van der Waals surface area contributed by atoms with Crippen LogP contribution in [-0.2, 0) is 14.8 Å². The molecule has 1 atom stereocenters. The van der Waals surface area contributed by atoms with Crippen LogP contribution >= 0.6 is 0 Å². The molecular formula is C12H17N3O5S. The van der Waals surface area contributed by atoms with E-state index in [1.807, 2.05) is 0 Å². The van der Waals surface area contributed by atoms with Crippen LogP contribution in [0.5, 0.6) is 0 Å². The molecule has 0 spiro atoms. The van der Waals surface area contributed by atoms with Gasteiger partial charge in [0.1, 0.15) is 5.69 Å². The van der Waals surface area contributed by atoms with Gasteiger partial charge >= 0.3 is 0 Å². The van der Waals surface area contributed by atoms with E-state index in [0.29, 0.717) is 13.0 Å². The van der Waals surface area contributed by atoms with E-state index in [9.17, 15) is 18.5 Å². The summed E-state index contributed by atoms with van der Waals surface area (Å²) >= 11 is 0. The molecule has 1 saturated heterocycles. The molecule has 2 rings (SSSR count). The van der Waals surface area contributed by atoms with Gasteiger partial charge in [0.2, 0.25) is 10.0 Å². The van der Waals surface area contributed by atoms with Gasteiger partial charge in [0.25, 0.3) is 5.69 Å². The number of sulfonamides is 1. The second-order valence-electron chi connectivity index (χ2n) is 4.70. The molecule has 1 fully saturated rings. The zero-order valence-corrected chi connectivity index (χ0v) is 12.6. The number of rotatable bonds is 5. The molecule has 1 aliphatic rings. The quantitative estimate of drug-likeness (QED) is 0.643. The molecule has 116 valence electrons. The van der Waals surface area contributed by atoms with Crippen LogP contribution in [0.15, 0.2) is 23.1 Å². The molecule has 0 amide bonds. The third kappa shape index (κ3) is 2.99. The van der Waals surface area contributed by atoms with E-state index in [-0.39, 0.29) is 28.9 Å². The highest BCUT2D eigenvalue weighted by Crippen LogP contribution is 2.30. The molecule has 8 nitrogen and oxygen atoms in total. The maximum absolute atomic E-state index is 12.5. The Bertz CT molecular complexity index is 646. The smallest absolute Gasteiger partial charge is 0.293 e. The molecule has 9 heteroatoms. The summed E-state index contributed by atoms with van der Waals surface area (Å²) in [6.45, 7) is 0.614. The number of benzene rings is 1. The summed E-state index contributed by atoms with van der Waals surface area (Å²) in [6.07, 6.45) is 0.484. The molecule has 1 unspecified atom stereocenters. The van der Waals surface area contributed by atoms with Gasteiger partial charge in [-0.05, 0) is 18.6 Å². The van der Waals surface area contributed by atoms with Crippen molar-refractivity contribution in [3.8, 4) is 0 Å². The van der Waals surface area contributed by atoms with Gasteiger partial charge in [-0.15, -0.1) is 0 Å². The molecule has 0 aliphatic carbocycles. The van der Waals surface area contributed by atoms with E-state index in [4.69, 9.17) is 4.74 Å².